The molecule has 0 aliphatic heterocycles. The molecule has 0 unspecified atom stereocenters. The first kappa shape index (κ1) is 29.4. The van der Waals surface area contributed by atoms with Crippen molar-refractivity contribution in [3.63, 3.8) is 0 Å². The molecule has 0 bridgehead atoms. The predicted molar refractivity (Wildman–Crippen MR) is 145 cm³/mol. The number of benzene rings is 2. The van der Waals surface area contributed by atoms with Gasteiger partial charge in [-0.05, 0) is 68.7 Å². The van der Waals surface area contributed by atoms with Crippen LogP contribution in [-0.4, -0.2) is 50.0 Å². The summed E-state index contributed by atoms with van der Waals surface area (Å²) in [4.78, 5) is 27.8. The van der Waals surface area contributed by atoms with Crippen LogP contribution in [0.5, 0.6) is 0 Å². The number of hydrogen-bond acceptors (Lipinski definition) is 4. The molecule has 0 heterocycles. The highest BCUT2D eigenvalue weighted by Gasteiger charge is 2.31. The summed E-state index contributed by atoms with van der Waals surface area (Å²) in [5.74, 6) is -0.892. The normalized spacial score (nSPS) is 13.1. The Kier molecular flexibility index (Phi) is 10.4. The van der Waals surface area contributed by atoms with E-state index < -0.39 is 28.5 Å². The van der Waals surface area contributed by atoms with Crippen LogP contribution in [0.15, 0.2) is 40.9 Å². The molecule has 0 saturated heterocycles. The number of nitrogens with zero attached hydrogens (tertiary/aromatic N) is 2. The van der Waals surface area contributed by atoms with Crippen molar-refractivity contribution in [1.29, 1.82) is 0 Å². The van der Waals surface area contributed by atoms with E-state index in [1.54, 1.807) is 43.3 Å². The van der Waals surface area contributed by atoms with Crippen molar-refractivity contribution in [2.45, 2.75) is 52.7 Å². The first-order valence-corrected chi connectivity index (χ1v) is 14.4. The molecule has 2 aromatic carbocycles. The smallest absolute Gasteiger partial charge is 0.244 e. The molecule has 0 fully saturated rings. The quantitative estimate of drug-likeness (QED) is 0.405. The predicted octanol–water partition coefficient (Wildman–Crippen LogP) is 5.16. The largest absolute Gasteiger partial charge is 0.352 e. The number of carbonyl (C=O) groups excluding carboxylic acids is 2. The van der Waals surface area contributed by atoms with Gasteiger partial charge in [0.15, 0.2) is 0 Å². The van der Waals surface area contributed by atoms with Gasteiger partial charge in [-0.1, -0.05) is 52.1 Å². The lowest BCUT2D eigenvalue weighted by Gasteiger charge is -2.32. The molecule has 7 nitrogen and oxygen atoms in total. The molecule has 0 radical (unpaired) electrons. The van der Waals surface area contributed by atoms with E-state index in [0.717, 1.165) is 27.0 Å². The summed E-state index contributed by atoms with van der Waals surface area (Å²) in [6.45, 7) is 6.76. The number of hydrogen-bond donors (Lipinski definition) is 1. The Bertz CT molecular complexity index is 1190. The van der Waals surface area contributed by atoms with E-state index in [1.807, 2.05) is 20.8 Å². The molecule has 35 heavy (non-hydrogen) atoms. The number of anilines is 1. The second kappa shape index (κ2) is 12.4. The van der Waals surface area contributed by atoms with Gasteiger partial charge in [0.2, 0.25) is 21.8 Å². The number of carbonyl (C=O) groups is 2. The molecule has 0 aromatic heterocycles. The van der Waals surface area contributed by atoms with Crippen molar-refractivity contribution in [1.82, 2.24) is 10.2 Å². The number of aryl methyl sites for hydroxylation is 1. The number of amides is 2. The fourth-order valence-corrected chi connectivity index (χ4v) is 4.84. The maximum absolute atomic E-state index is 13.6. The van der Waals surface area contributed by atoms with E-state index in [1.165, 1.54) is 4.90 Å². The van der Waals surface area contributed by atoms with Crippen molar-refractivity contribution >= 4 is 66.7 Å². The Labute approximate surface area is 225 Å². The molecule has 11 heteroatoms. The maximum atomic E-state index is 13.6. The molecule has 192 valence electrons. The van der Waals surface area contributed by atoms with Gasteiger partial charge in [-0.15, -0.1) is 0 Å². The average Bonchev–Trinajstić information content (AvgIpc) is 2.77. The summed E-state index contributed by atoms with van der Waals surface area (Å²) >= 11 is 15.8. The van der Waals surface area contributed by atoms with Gasteiger partial charge in [0.1, 0.15) is 12.6 Å². The summed E-state index contributed by atoms with van der Waals surface area (Å²) in [6, 6.07) is 8.93. The van der Waals surface area contributed by atoms with Gasteiger partial charge in [-0.3, -0.25) is 13.9 Å². The van der Waals surface area contributed by atoms with Crippen LogP contribution in [0.3, 0.4) is 0 Å². The fraction of sp³-hybridized carbons (Fsp3) is 0.417. The summed E-state index contributed by atoms with van der Waals surface area (Å²) in [5, 5.41) is 3.66. The highest BCUT2D eigenvalue weighted by molar-refractivity contribution is 9.10. The Morgan fingerprint density at radius 1 is 1.11 bits per heavy atom. The van der Waals surface area contributed by atoms with Crippen molar-refractivity contribution < 1.29 is 18.0 Å². The minimum atomic E-state index is -3.81. The fourth-order valence-electron chi connectivity index (χ4n) is 3.28. The minimum Gasteiger partial charge on any atom is -0.352 e. The molecular formula is C24H30BrCl2N3O4S. The van der Waals surface area contributed by atoms with E-state index in [2.05, 4.69) is 21.2 Å². The summed E-state index contributed by atoms with van der Waals surface area (Å²) in [5.41, 5.74) is 1.75. The van der Waals surface area contributed by atoms with E-state index in [-0.39, 0.29) is 18.5 Å². The Morgan fingerprint density at radius 2 is 1.77 bits per heavy atom. The van der Waals surface area contributed by atoms with Crippen LogP contribution in [0.1, 0.15) is 38.3 Å². The summed E-state index contributed by atoms with van der Waals surface area (Å²) in [7, 11) is -3.81. The Morgan fingerprint density at radius 3 is 2.31 bits per heavy atom. The van der Waals surface area contributed by atoms with Crippen LogP contribution < -0.4 is 9.62 Å². The number of sulfonamides is 1. The molecule has 0 aliphatic carbocycles. The summed E-state index contributed by atoms with van der Waals surface area (Å²) < 4.78 is 27.2. The molecular weight excluding hydrogens is 577 g/mol. The number of rotatable bonds is 10. The first-order chi connectivity index (χ1) is 16.2. The highest BCUT2D eigenvalue weighted by Crippen LogP contribution is 2.26. The lowest BCUT2D eigenvalue weighted by Crippen LogP contribution is -2.52. The van der Waals surface area contributed by atoms with Gasteiger partial charge in [0, 0.05) is 27.1 Å². The third-order valence-electron chi connectivity index (χ3n) is 5.63. The van der Waals surface area contributed by atoms with E-state index >= 15 is 0 Å². The second-order valence-electron chi connectivity index (χ2n) is 8.45. The van der Waals surface area contributed by atoms with E-state index in [9.17, 15) is 18.0 Å². The molecule has 0 saturated carbocycles. The van der Waals surface area contributed by atoms with Gasteiger partial charge < -0.3 is 10.2 Å². The monoisotopic (exact) mass is 605 g/mol. The van der Waals surface area contributed by atoms with E-state index in [0.29, 0.717) is 21.3 Å². The summed E-state index contributed by atoms with van der Waals surface area (Å²) in [6.07, 6.45) is 1.76. The standard InChI is InChI=1S/C24H30BrCl2N3O4S/c1-6-16(3)28-24(32)17(4)29(13-18-7-8-19(26)12-22(18)27)23(31)14-30(35(5,33)34)20-9-10-21(25)15(2)11-20/h7-12,16-17H,6,13-14H2,1-5H3,(H,28,32)/t16-,17+/m1/s1. The zero-order valence-electron chi connectivity index (χ0n) is 20.3. The maximum Gasteiger partial charge on any atom is 0.244 e. The molecule has 1 N–H and O–H groups in total. The number of halogens is 3. The molecule has 2 rings (SSSR count). The topological polar surface area (TPSA) is 86.8 Å². The van der Waals surface area contributed by atoms with Gasteiger partial charge in [-0.25, -0.2) is 8.42 Å². The zero-order valence-corrected chi connectivity index (χ0v) is 24.2. The second-order valence-corrected chi connectivity index (χ2v) is 12.1. The molecule has 0 spiro atoms. The Balaban J connectivity index is 2.44. The van der Waals surface area contributed by atoms with Crippen LogP contribution in [0.4, 0.5) is 5.69 Å². The van der Waals surface area contributed by atoms with Crippen molar-refractivity contribution in [3.05, 3.63) is 62.0 Å². The molecule has 0 aliphatic rings. The first-order valence-electron chi connectivity index (χ1n) is 11.0. The lowest BCUT2D eigenvalue weighted by molar-refractivity contribution is -0.139. The van der Waals surface area contributed by atoms with Crippen molar-refractivity contribution in [2.24, 2.45) is 0 Å². The van der Waals surface area contributed by atoms with Gasteiger partial charge in [0.25, 0.3) is 0 Å². The van der Waals surface area contributed by atoms with Crippen molar-refractivity contribution in [2.75, 3.05) is 17.1 Å². The van der Waals surface area contributed by atoms with Crippen LogP contribution in [0, 0.1) is 6.92 Å². The minimum absolute atomic E-state index is 0.000889. The SMILES string of the molecule is CC[C@@H](C)NC(=O)[C@H](C)N(Cc1ccc(Cl)cc1Cl)C(=O)CN(c1ccc(Br)c(C)c1)S(C)(=O)=O. The van der Waals surface area contributed by atoms with Crippen molar-refractivity contribution in [3.8, 4) is 0 Å². The van der Waals surface area contributed by atoms with Gasteiger partial charge in [0.05, 0.1) is 11.9 Å². The lowest BCUT2D eigenvalue weighted by atomic mass is 10.1. The van der Waals surface area contributed by atoms with Crippen LogP contribution >= 0.6 is 39.1 Å². The number of nitrogens with one attached hydrogen (secondary N) is 1. The van der Waals surface area contributed by atoms with Crippen LogP contribution in [-0.2, 0) is 26.2 Å². The average molecular weight is 607 g/mol. The molecule has 2 amide bonds. The van der Waals surface area contributed by atoms with Crippen LogP contribution in [0.2, 0.25) is 10.0 Å². The van der Waals surface area contributed by atoms with Gasteiger partial charge >= 0.3 is 0 Å². The highest BCUT2D eigenvalue weighted by atomic mass is 79.9. The van der Waals surface area contributed by atoms with E-state index in [4.69, 9.17) is 23.2 Å². The molecule has 2 atom stereocenters. The Hall–Kier alpha value is -1.81. The zero-order chi connectivity index (χ0) is 26.5. The third-order valence-corrected chi connectivity index (χ3v) is 8.25. The molecule has 2 aromatic rings. The third kappa shape index (κ3) is 8.10. The van der Waals surface area contributed by atoms with Gasteiger partial charge in [-0.2, -0.15) is 0 Å². The van der Waals surface area contributed by atoms with Crippen LogP contribution in [0.25, 0.3) is 0 Å².